The molecule has 0 bridgehead atoms. The molecule has 0 atom stereocenters. The molecular weight excluding hydrogens is 363 g/mol. The molecule has 128 valence electrons. The summed E-state index contributed by atoms with van der Waals surface area (Å²) in [5, 5.41) is 8.74. The van der Waals surface area contributed by atoms with Crippen molar-refractivity contribution in [2.24, 2.45) is 0 Å². The number of hydrogen-bond acceptors (Lipinski definition) is 1. The van der Waals surface area contributed by atoms with Crippen molar-refractivity contribution < 1.29 is 9.90 Å². The standard InChI is InChI=1S/C21H26O2Se/c1-14(11-19(22)23)7-10-24-18-13-17-16(12-15(18)2)20(3,4)8-9-21(17,5)6/h11-13H,8-9H2,1-6H3,(H,22,23)/b14-11+. The maximum atomic E-state index is 10.7. The average molecular weight is 389 g/mol. The third-order valence-corrected chi connectivity index (χ3v) is 6.71. The molecule has 0 amide bonds. The molecule has 2 nitrogen and oxygen atoms in total. The van der Waals surface area contributed by atoms with Crippen LogP contribution in [0.3, 0.4) is 0 Å². The number of carboxylic acids is 1. The zero-order chi connectivity index (χ0) is 18.1. The van der Waals surface area contributed by atoms with E-state index in [0.717, 1.165) is 6.08 Å². The van der Waals surface area contributed by atoms with Gasteiger partial charge in [0.15, 0.2) is 0 Å². The molecule has 0 saturated carbocycles. The summed E-state index contributed by atoms with van der Waals surface area (Å²) in [7, 11) is 0. The second-order valence-electron chi connectivity index (χ2n) is 7.93. The molecule has 1 aromatic rings. The third-order valence-electron chi connectivity index (χ3n) is 4.90. The third kappa shape index (κ3) is 4.12. The summed E-state index contributed by atoms with van der Waals surface area (Å²) in [6, 6.07) is 4.71. The Balaban J connectivity index is 2.38. The van der Waals surface area contributed by atoms with Crippen molar-refractivity contribution in [3.05, 3.63) is 40.5 Å². The summed E-state index contributed by atoms with van der Waals surface area (Å²) in [5.74, 6) is 2.02. The van der Waals surface area contributed by atoms with Gasteiger partial charge < -0.3 is 0 Å². The van der Waals surface area contributed by atoms with Gasteiger partial charge in [0.2, 0.25) is 0 Å². The van der Waals surface area contributed by atoms with Crippen molar-refractivity contribution in [2.75, 3.05) is 0 Å². The van der Waals surface area contributed by atoms with Crippen molar-refractivity contribution in [1.29, 1.82) is 0 Å². The molecule has 0 aliphatic heterocycles. The summed E-state index contributed by atoms with van der Waals surface area (Å²) >= 11 is 0.0321. The molecule has 1 aromatic carbocycles. The van der Waals surface area contributed by atoms with Gasteiger partial charge in [-0.15, -0.1) is 0 Å². The first kappa shape index (κ1) is 18.8. The van der Waals surface area contributed by atoms with Gasteiger partial charge in [-0.2, -0.15) is 0 Å². The van der Waals surface area contributed by atoms with E-state index in [1.807, 2.05) is 0 Å². The van der Waals surface area contributed by atoms with Crippen LogP contribution in [0.25, 0.3) is 0 Å². The van der Waals surface area contributed by atoms with Crippen LogP contribution in [0.1, 0.15) is 64.2 Å². The molecule has 2 rings (SSSR count). The molecule has 1 aliphatic carbocycles. The fraction of sp³-hybridized carbons (Fsp3) is 0.476. The van der Waals surface area contributed by atoms with Crippen molar-refractivity contribution in [1.82, 2.24) is 0 Å². The normalized spacial score (nSPS) is 18.3. The SMILES string of the molecule is C/C(C#C[Se]c1cc2c(cc1C)C(C)(C)CCC2(C)C)=C\C(=O)O. The average Bonchev–Trinajstić information content (AvgIpc) is 2.44. The van der Waals surface area contributed by atoms with E-state index in [4.69, 9.17) is 5.11 Å². The van der Waals surface area contributed by atoms with Crippen molar-refractivity contribution in [2.45, 2.75) is 65.2 Å². The molecule has 0 radical (unpaired) electrons. The van der Waals surface area contributed by atoms with E-state index in [1.165, 1.54) is 34.0 Å². The zero-order valence-corrected chi connectivity index (χ0v) is 17.1. The van der Waals surface area contributed by atoms with Crippen LogP contribution in [-0.4, -0.2) is 26.0 Å². The van der Waals surface area contributed by atoms with Gasteiger partial charge in [0.1, 0.15) is 0 Å². The van der Waals surface area contributed by atoms with Gasteiger partial charge in [0.25, 0.3) is 0 Å². The molecule has 3 heteroatoms. The van der Waals surface area contributed by atoms with Gasteiger partial charge in [-0.1, -0.05) is 0 Å². The van der Waals surface area contributed by atoms with E-state index in [2.05, 4.69) is 57.5 Å². The number of allylic oxidation sites excluding steroid dienone is 1. The van der Waals surface area contributed by atoms with E-state index >= 15 is 0 Å². The summed E-state index contributed by atoms with van der Waals surface area (Å²) in [4.78, 5) is 13.8. The summed E-state index contributed by atoms with van der Waals surface area (Å²) in [6.07, 6.45) is 3.58. The molecule has 0 heterocycles. The quantitative estimate of drug-likeness (QED) is 0.476. The van der Waals surface area contributed by atoms with Crippen LogP contribution in [0.2, 0.25) is 0 Å². The Morgan fingerprint density at radius 3 is 2.25 bits per heavy atom. The number of fused-ring (bicyclic) bond motifs is 1. The second-order valence-corrected chi connectivity index (χ2v) is 9.71. The van der Waals surface area contributed by atoms with Crippen LogP contribution in [0.5, 0.6) is 0 Å². The number of carbonyl (C=O) groups is 1. The van der Waals surface area contributed by atoms with Gasteiger partial charge in [-0.3, -0.25) is 0 Å². The predicted molar refractivity (Wildman–Crippen MR) is 101 cm³/mol. The van der Waals surface area contributed by atoms with Crippen molar-refractivity contribution >= 4 is 25.4 Å². The van der Waals surface area contributed by atoms with Crippen LogP contribution in [0.15, 0.2) is 23.8 Å². The number of aliphatic carboxylic acids is 1. The molecule has 24 heavy (non-hydrogen) atoms. The van der Waals surface area contributed by atoms with Crippen LogP contribution in [-0.2, 0) is 15.6 Å². The van der Waals surface area contributed by atoms with Gasteiger partial charge in [0, 0.05) is 0 Å². The Morgan fingerprint density at radius 1 is 1.17 bits per heavy atom. The van der Waals surface area contributed by atoms with Crippen LogP contribution in [0, 0.1) is 17.7 Å². The van der Waals surface area contributed by atoms with Crippen LogP contribution < -0.4 is 4.46 Å². The second kappa shape index (κ2) is 6.79. The first-order valence-corrected chi connectivity index (χ1v) is 9.99. The molecule has 1 N–H and O–H groups in total. The first-order valence-electron chi connectivity index (χ1n) is 8.28. The molecule has 0 aromatic heterocycles. The molecule has 0 unspecified atom stereocenters. The van der Waals surface area contributed by atoms with Gasteiger partial charge in [-0.05, 0) is 0 Å². The van der Waals surface area contributed by atoms with Crippen molar-refractivity contribution in [3.63, 3.8) is 0 Å². The van der Waals surface area contributed by atoms with E-state index in [9.17, 15) is 4.79 Å². The van der Waals surface area contributed by atoms with E-state index in [-0.39, 0.29) is 25.8 Å². The monoisotopic (exact) mass is 390 g/mol. The van der Waals surface area contributed by atoms with Crippen molar-refractivity contribution in [3.8, 4) is 10.7 Å². The number of rotatable bonds is 2. The zero-order valence-electron chi connectivity index (χ0n) is 15.4. The Labute approximate surface area is 151 Å². The summed E-state index contributed by atoms with van der Waals surface area (Å²) in [5.41, 5.74) is 5.27. The molecule has 0 saturated heterocycles. The molecule has 0 fully saturated rings. The maximum absolute atomic E-state index is 10.7. The Kier molecular flexibility index (Phi) is 5.33. The number of hydrogen-bond donors (Lipinski definition) is 1. The number of carboxylic acid groups (broad SMARTS) is 1. The van der Waals surface area contributed by atoms with Crippen LogP contribution in [0.4, 0.5) is 0 Å². The Bertz CT molecular complexity index is 758. The first-order chi connectivity index (χ1) is 11.0. The van der Waals surface area contributed by atoms with Gasteiger partial charge in [-0.25, -0.2) is 0 Å². The fourth-order valence-corrected chi connectivity index (χ4v) is 4.70. The van der Waals surface area contributed by atoms with E-state index in [1.54, 1.807) is 6.92 Å². The number of benzene rings is 1. The fourth-order valence-electron chi connectivity index (χ4n) is 3.19. The molecular formula is C21H26O2Se. The van der Waals surface area contributed by atoms with Crippen LogP contribution >= 0.6 is 0 Å². The Morgan fingerprint density at radius 2 is 1.71 bits per heavy atom. The van der Waals surface area contributed by atoms with Gasteiger partial charge >= 0.3 is 152 Å². The predicted octanol–water partition coefficient (Wildman–Crippen LogP) is 3.67. The molecule has 0 spiro atoms. The molecule has 1 aliphatic rings. The van der Waals surface area contributed by atoms with Gasteiger partial charge in [0.05, 0.1) is 0 Å². The van der Waals surface area contributed by atoms with E-state index in [0.29, 0.717) is 5.57 Å². The summed E-state index contributed by atoms with van der Waals surface area (Å²) in [6.45, 7) is 13.2. The Hall–Kier alpha value is -1.49. The summed E-state index contributed by atoms with van der Waals surface area (Å²) < 4.78 is 1.31. The minimum absolute atomic E-state index is 0.0321. The van der Waals surface area contributed by atoms with E-state index < -0.39 is 5.97 Å². The minimum atomic E-state index is -0.941. The topological polar surface area (TPSA) is 37.3 Å². The number of aryl methyl sites for hydroxylation is 1.